The first kappa shape index (κ1) is 19.6. The number of rotatable bonds is 7. The molecule has 0 atom stereocenters. The van der Waals surface area contributed by atoms with Gasteiger partial charge in [0, 0.05) is 13.6 Å². The third kappa shape index (κ3) is 5.65. The van der Waals surface area contributed by atoms with Crippen LogP contribution in [0.3, 0.4) is 0 Å². The first-order valence-corrected chi connectivity index (χ1v) is 9.35. The Hall–Kier alpha value is -2.76. The molecule has 8 heteroatoms. The lowest BCUT2D eigenvalue weighted by atomic mass is 10.2. The third-order valence-electron chi connectivity index (χ3n) is 3.68. The van der Waals surface area contributed by atoms with E-state index < -0.39 is 15.9 Å². The van der Waals surface area contributed by atoms with Crippen molar-refractivity contribution in [1.82, 2.24) is 9.62 Å². The molecule has 2 aromatic rings. The summed E-state index contributed by atoms with van der Waals surface area (Å²) in [6.45, 7) is -0.136. The van der Waals surface area contributed by atoms with E-state index in [0.29, 0.717) is 16.7 Å². The molecular weight excluding hydrogens is 357 g/mol. The number of amides is 1. The van der Waals surface area contributed by atoms with Crippen molar-refractivity contribution in [1.29, 1.82) is 5.26 Å². The van der Waals surface area contributed by atoms with E-state index in [1.807, 2.05) is 6.07 Å². The maximum Gasteiger partial charge on any atom is 0.235 e. The van der Waals surface area contributed by atoms with Gasteiger partial charge in [0.25, 0.3) is 0 Å². The molecule has 0 aromatic heterocycles. The van der Waals surface area contributed by atoms with Crippen LogP contribution in [0.15, 0.2) is 48.5 Å². The fourth-order valence-electron chi connectivity index (χ4n) is 2.16. The monoisotopic (exact) mass is 375 g/mol. The highest BCUT2D eigenvalue weighted by Gasteiger charge is 2.21. The van der Waals surface area contributed by atoms with Crippen molar-refractivity contribution in [2.24, 2.45) is 0 Å². The van der Waals surface area contributed by atoms with Gasteiger partial charge in [0.05, 0.1) is 23.9 Å². The summed E-state index contributed by atoms with van der Waals surface area (Å²) in [5.41, 5.74) is 1.69. The van der Waals surface area contributed by atoms with Crippen LogP contribution >= 0.6 is 0 Å². The zero-order valence-electron chi connectivity index (χ0n) is 14.1. The molecule has 0 unspecified atom stereocenters. The van der Waals surface area contributed by atoms with Crippen LogP contribution in [-0.4, -0.2) is 32.2 Å². The fraction of sp³-hybridized carbons (Fsp3) is 0.222. The number of sulfonamides is 1. The number of nitrogens with one attached hydrogen (secondary N) is 1. The minimum atomic E-state index is -3.68. The highest BCUT2D eigenvalue weighted by Crippen LogP contribution is 2.11. The second kappa shape index (κ2) is 8.56. The number of carbonyl (C=O) groups is 1. The number of hydrogen-bond acceptors (Lipinski definition) is 4. The molecule has 0 aliphatic heterocycles. The Morgan fingerprint density at radius 3 is 2.27 bits per heavy atom. The lowest BCUT2D eigenvalue weighted by Crippen LogP contribution is -2.38. The van der Waals surface area contributed by atoms with Crippen LogP contribution in [0.5, 0.6) is 0 Å². The van der Waals surface area contributed by atoms with Crippen molar-refractivity contribution in [3.05, 3.63) is 71.0 Å². The molecule has 2 rings (SSSR count). The highest BCUT2D eigenvalue weighted by atomic mass is 32.2. The van der Waals surface area contributed by atoms with Crippen LogP contribution in [0.2, 0.25) is 0 Å². The van der Waals surface area contributed by atoms with Crippen LogP contribution < -0.4 is 5.32 Å². The van der Waals surface area contributed by atoms with Crippen LogP contribution in [0.25, 0.3) is 0 Å². The third-order valence-corrected chi connectivity index (χ3v) is 5.45. The molecule has 0 saturated heterocycles. The summed E-state index contributed by atoms with van der Waals surface area (Å²) in [4.78, 5) is 11.9. The highest BCUT2D eigenvalue weighted by molar-refractivity contribution is 7.88. The first-order chi connectivity index (χ1) is 12.3. The van der Waals surface area contributed by atoms with Gasteiger partial charge >= 0.3 is 0 Å². The summed E-state index contributed by atoms with van der Waals surface area (Å²) < 4.78 is 38.5. The van der Waals surface area contributed by atoms with Gasteiger partial charge < -0.3 is 5.32 Å². The minimum absolute atomic E-state index is 0.183. The molecule has 1 N–H and O–H groups in total. The molecule has 26 heavy (non-hydrogen) atoms. The van der Waals surface area contributed by atoms with Crippen molar-refractivity contribution in [3.63, 3.8) is 0 Å². The molecule has 136 valence electrons. The summed E-state index contributed by atoms with van der Waals surface area (Å²) in [7, 11) is -2.35. The fourth-order valence-corrected chi connectivity index (χ4v) is 3.30. The maximum absolute atomic E-state index is 12.8. The number of hydrogen-bond donors (Lipinski definition) is 1. The predicted octanol–water partition coefficient (Wildman–Crippen LogP) is 1.78. The molecule has 0 heterocycles. The number of likely N-dealkylation sites (N-methyl/N-ethyl adjacent to an activating group) is 1. The summed E-state index contributed by atoms with van der Waals surface area (Å²) in [6, 6.07) is 13.8. The summed E-state index contributed by atoms with van der Waals surface area (Å²) in [5.74, 6) is -1.09. The van der Waals surface area contributed by atoms with Crippen molar-refractivity contribution >= 4 is 15.9 Å². The van der Waals surface area contributed by atoms with E-state index in [1.54, 1.807) is 36.4 Å². The molecule has 0 aliphatic carbocycles. The minimum Gasteiger partial charge on any atom is -0.351 e. The van der Waals surface area contributed by atoms with Crippen LogP contribution in [-0.2, 0) is 27.1 Å². The number of halogens is 1. The Morgan fingerprint density at radius 2 is 1.69 bits per heavy atom. The van der Waals surface area contributed by atoms with Gasteiger partial charge in [-0.2, -0.15) is 9.57 Å². The maximum atomic E-state index is 12.8. The van der Waals surface area contributed by atoms with Gasteiger partial charge in [0.1, 0.15) is 5.82 Å². The smallest absolute Gasteiger partial charge is 0.235 e. The van der Waals surface area contributed by atoms with Crippen molar-refractivity contribution in [3.8, 4) is 6.07 Å². The van der Waals surface area contributed by atoms with Crippen molar-refractivity contribution in [2.45, 2.75) is 12.3 Å². The molecule has 0 aliphatic rings. The number of benzene rings is 2. The zero-order chi connectivity index (χ0) is 19.2. The van der Waals surface area contributed by atoms with E-state index in [0.717, 1.165) is 4.31 Å². The van der Waals surface area contributed by atoms with Gasteiger partial charge in [-0.25, -0.2) is 12.8 Å². The SMILES string of the molecule is CN(CC(=O)NCc1ccc(F)cc1)S(=O)(=O)Cc1ccc(C#N)cc1. The normalized spacial score (nSPS) is 11.2. The van der Waals surface area contributed by atoms with Gasteiger partial charge in [-0.3, -0.25) is 4.79 Å². The van der Waals surface area contributed by atoms with Gasteiger partial charge in [-0.05, 0) is 35.4 Å². The largest absolute Gasteiger partial charge is 0.351 e. The number of nitriles is 1. The van der Waals surface area contributed by atoms with Crippen molar-refractivity contribution < 1.29 is 17.6 Å². The second-order valence-corrected chi connectivity index (χ2v) is 7.80. The van der Waals surface area contributed by atoms with E-state index in [2.05, 4.69) is 5.32 Å². The van der Waals surface area contributed by atoms with Gasteiger partial charge in [0.2, 0.25) is 15.9 Å². The molecular formula is C18H18FN3O3S. The molecule has 0 fully saturated rings. The predicted molar refractivity (Wildman–Crippen MR) is 94.7 cm³/mol. The van der Waals surface area contributed by atoms with Gasteiger partial charge in [-0.1, -0.05) is 24.3 Å². The standard InChI is InChI=1S/C18H18FN3O3S/c1-22(12-18(23)21-11-15-6-8-17(19)9-7-15)26(24,25)13-16-4-2-14(10-20)3-5-16/h2-9H,11-13H2,1H3,(H,21,23). The Balaban J connectivity index is 1.89. The summed E-state index contributed by atoms with van der Waals surface area (Å²) in [6.07, 6.45) is 0. The summed E-state index contributed by atoms with van der Waals surface area (Å²) in [5, 5.41) is 11.4. The average Bonchev–Trinajstić information content (AvgIpc) is 2.61. The van der Waals surface area contributed by atoms with Gasteiger partial charge in [-0.15, -0.1) is 0 Å². The van der Waals surface area contributed by atoms with E-state index in [4.69, 9.17) is 5.26 Å². The topological polar surface area (TPSA) is 90.3 Å². The Bertz CT molecular complexity index is 904. The molecule has 6 nitrogen and oxygen atoms in total. The van der Waals surface area contributed by atoms with E-state index in [9.17, 15) is 17.6 Å². The van der Waals surface area contributed by atoms with Gasteiger partial charge in [0.15, 0.2) is 0 Å². The lowest BCUT2D eigenvalue weighted by Gasteiger charge is -2.17. The molecule has 2 aromatic carbocycles. The van der Waals surface area contributed by atoms with E-state index >= 15 is 0 Å². The van der Waals surface area contributed by atoms with Crippen LogP contribution in [0, 0.1) is 17.1 Å². The number of nitrogens with zero attached hydrogens (tertiary/aromatic N) is 2. The van der Waals surface area contributed by atoms with E-state index in [-0.39, 0.29) is 24.7 Å². The Morgan fingerprint density at radius 1 is 1.12 bits per heavy atom. The Labute approximate surface area is 151 Å². The molecule has 0 radical (unpaired) electrons. The lowest BCUT2D eigenvalue weighted by molar-refractivity contribution is -0.121. The van der Waals surface area contributed by atoms with Crippen LogP contribution in [0.4, 0.5) is 4.39 Å². The van der Waals surface area contributed by atoms with Crippen LogP contribution in [0.1, 0.15) is 16.7 Å². The molecule has 0 spiro atoms. The zero-order valence-corrected chi connectivity index (χ0v) is 15.0. The summed E-state index contributed by atoms with van der Waals surface area (Å²) >= 11 is 0. The second-order valence-electron chi connectivity index (χ2n) is 5.72. The molecule has 1 amide bonds. The van der Waals surface area contributed by atoms with Crippen molar-refractivity contribution in [2.75, 3.05) is 13.6 Å². The Kier molecular flexibility index (Phi) is 6.44. The molecule has 0 bridgehead atoms. The van der Waals surface area contributed by atoms with E-state index in [1.165, 1.54) is 19.2 Å². The number of carbonyl (C=O) groups excluding carboxylic acids is 1. The molecule has 0 saturated carbocycles. The average molecular weight is 375 g/mol. The quantitative estimate of drug-likeness (QED) is 0.799. The first-order valence-electron chi connectivity index (χ1n) is 7.74.